The van der Waals surface area contributed by atoms with Crippen LogP contribution < -0.4 is 4.90 Å². The second kappa shape index (κ2) is 7.45. The second-order valence-corrected chi connectivity index (χ2v) is 7.30. The normalized spacial score (nSPS) is 14.8. The number of piperazine rings is 1. The van der Waals surface area contributed by atoms with Crippen molar-refractivity contribution in [3.63, 3.8) is 0 Å². The Hall–Kier alpha value is -2.42. The summed E-state index contributed by atoms with van der Waals surface area (Å²) in [5.41, 5.74) is 2.18. The van der Waals surface area contributed by atoms with Crippen LogP contribution in [0.4, 0.5) is 11.4 Å². The molecule has 1 saturated heterocycles. The summed E-state index contributed by atoms with van der Waals surface area (Å²) >= 11 is 3.47. The average molecular weight is 422 g/mol. The minimum Gasteiger partial charge on any atom is -0.368 e. The number of nitro benzene ring substituents is 1. The Morgan fingerprint density at radius 3 is 2.58 bits per heavy atom. The number of carbonyl (C=O) groups is 1. The van der Waals surface area contributed by atoms with Crippen molar-refractivity contribution in [3.05, 3.63) is 50.2 Å². The Labute approximate surface area is 159 Å². The summed E-state index contributed by atoms with van der Waals surface area (Å²) in [5.74, 6) is 0.128. The van der Waals surface area contributed by atoms with Gasteiger partial charge in [0, 0.05) is 44.0 Å². The lowest BCUT2D eigenvalue weighted by Crippen LogP contribution is -2.49. The Kier molecular flexibility index (Phi) is 5.26. The molecule has 1 amide bonds. The average Bonchev–Trinajstić information content (AvgIpc) is 3.03. The van der Waals surface area contributed by atoms with Crippen LogP contribution in [0.3, 0.4) is 0 Å². The molecule has 8 nitrogen and oxygen atoms in total. The van der Waals surface area contributed by atoms with Gasteiger partial charge in [0.2, 0.25) is 0 Å². The molecule has 1 aliphatic rings. The summed E-state index contributed by atoms with van der Waals surface area (Å²) in [6, 6.07) is 6.57. The lowest BCUT2D eigenvalue weighted by atomic mass is 10.1. The highest BCUT2D eigenvalue weighted by Crippen LogP contribution is 2.27. The van der Waals surface area contributed by atoms with E-state index in [9.17, 15) is 14.9 Å². The number of non-ortho nitro benzene ring substituents is 1. The smallest absolute Gasteiger partial charge is 0.275 e. The molecule has 26 heavy (non-hydrogen) atoms. The minimum absolute atomic E-state index is 0.0719. The number of aromatic amines is 1. The third-order valence-electron chi connectivity index (χ3n) is 4.49. The van der Waals surface area contributed by atoms with Crippen molar-refractivity contribution in [3.8, 4) is 0 Å². The van der Waals surface area contributed by atoms with Crippen LogP contribution in [0.2, 0.25) is 0 Å². The Bertz CT molecular complexity index is 828. The number of carbonyl (C=O) groups excluding carboxylic acids is 1. The Balaban J connectivity index is 1.68. The monoisotopic (exact) mass is 421 g/mol. The predicted molar refractivity (Wildman–Crippen MR) is 102 cm³/mol. The summed E-state index contributed by atoms with van der Waals surface area (Å²) in [5, 5.41) is 18.0. The van der Waals surface area contributed by atoms with Crippen LogP contribution in [0.25, 0.3) is 0 Å². The number of benzene rings is 1. The lowest BCUT2D eigenvalue weighted by molar-refractivity contribution is -0.384. The molecule has 2 heterocycles. The highest BCUT2D eigenvalue weighted by molar-refractivity contribution is 9.10. The van der Waals surface area contributed by atoms with E-state index in [0.29, 0.717) is 31.9 Å². The third kappa shape index (κ3) is 3.57. The number of H-pyrrole nitrogens is 1. The number of nitro groups is 1. The number of halogens is 1. The van der Waals surface area contributed by atoms with Crippen LogP contribution in [0.1, 0.15) is 35.9 Å². The highest BCUT2D eigenvalue weighted by atomic mass is 79.9. The van der Waals surface area contributed by atoms with Crippen LogP contribution >= 0.6 is 15.9 Å². The molecule has 2 aromatic rings. The number of aromatic nitrogens is 2. The van der Waals surface area contributed by atoms with Crippen molar-refractivity contribution in [1.29, 1.82) is 0 Å². The van der Waals surface area contributed by atoms with Crippen molar-refractivity contribution in [2.24, 2.45) is 0 Å². The first kappa shape index (κ1) is 18.4. The maximum Gasteiger partial charge on any atom is 0.275 e. The van der Waals surface area contributed by atoms with E-state index in [4.69, 9.17) is 0 Å². The molecular formula is C17H20BrN5O3. The lowest BCUT2D eigenvalue weighted by Gasteiger charge is -2.35. The van der Waals surface area contributed by atoms with Gasteiger partial charge in [0.05, 0.1) is 15.1 Å². The molecule has 0 spiro atoms. The molecule has 0 aliphatic carbocycles. The second-order valence-electron chi connectivity index (χ2n) is 6.51. The molecule has 1 fully saturated rings. The Morgan fingerprint density at radius 2 is 2.00 bits per heavy atom. The molecule has 0 radical (unpaired) electrons. The molecule has 0 saturated carbocycles. The highest BCUT2D eigenvalue weighted by Gasteiger charge is 2.27. The fourth-order valence-electron chi connectivity index (χ4n) is 2.99. The zero-order chi connectivity index (χ0) is 18.8. The van der Waals surface area contributed by atoms with Gasteiger partial charge in [0.1, 0.15) is 0 Å². The van der Waals surface area contributed by atoms with Crippen molar-refractivity contribution in [1.82, 2.24) is 15.1 Å². The number of hydrogen-bond acceptors (Lipinski definition) is 5. The molecule has 0 bridgehead atoms. The van der Waals surface area contributed by atoms with Crippen LogP contribution in [0.5, 0.6) is 0 Å². The van der Waals surface area contributed by atoms with Crippen molar-refractivity contribution in [2.75, 3.05) is 31.1 Å². The number of rotatable bonds is 4. The van der Waals surface area contributed by atoms with E-state index in [-0.39, 0.29) is 17.5 Å². The van der Waals surface area contributed by atoms with Gasteiger partial charge in [-0.1, -0.05) is 19.9 Å². The zero-order valence-electron chi connectivity index (χ0n) is 14.6. The van der Waals surface area contributed by atoms with E-state index in [2.05, 4.69) is 31.0 Å². The van der Waals surface area contributed by atoms with Gasteiger partial charge < -0.3 is 9.80 Å². The Morgan fingerprint density at radius 1 is 1.31 bits per heavy atom. The molecule has 138 valence electrons. The quantitative estimate of drug-likeness (QED) is 0.603. The topological polar surface area (TPSA) is 95.4 Å². The first-order chi connectivity index (χ1) is 12.4. The first-order valence-corrected chi connectivity index (χ1v) is 9.20. The van der Waals surface area contributed by atoms with E-state index in [1.807, 2.05) is 19.9 Å². The molecule has 1 N–H and O–H groups in total. The summed E-state index contributed by atoms with van der Waals surface area (Å²) in [7, 11) is 0. The van der Waals surface area contributed by atoms with Crippen molar-refractivity contribution < 1.29 is 9.72 Å². The number of nitrogens with one attached hydrogen (secondary N) is 1. The number of hydrogen-bond donors (Lipinski definition) is 1. The van der Waals surface area contributed by atoms with Gasteiger partial charge in [-0.2, -0.15) is 5.10 Å². The largest absolute Gasteiger partial charge is 0.368 e. The summed E-state index contributed by atoms with van der Waals surface area (Å²) < 4.78 is 0.721. The number of anilines is 1. The fraction of sp³-hybridized carbons (Fsp3) is 0.412. The fourth-order valence-corrected chi connectivity index (χ4v) is 3.79. The summed E-state index contributed by atoms with van der Waals surface area (Å²) in [4.78, 5) is 27.1. The molecule has 9 heteroatoms. The molecule has 0 unspecified atom stereocenters. The van der Waals surface area contributed by atoms with Gasteiger partial charge in [-0.25, -0.2) is 0 Å². The molecular weight excluding hydrogens is 402 g/mol. The first-order valence-electron chi connectivity index (χ1n) is 8.41. The van der Waals surface area contributed by atoms with E-state index < -0.39 is 4.92 Å². The van der Waals surface area contributed by atoms with Crippen LogP contribution in [0.15, 0.2) is 28.7 Å². The maximum atomic E-state index is 12.7. The van der Waals surface area contributed by atoms with Crippen molar-refractivity contribution >= 4 is 33.2 Å². The predicted octanol–water partition coefficient (Wildman–Crippen LogP) is 3.17. The molecule has 1 aromatic carbocycles. The van der Waals surface area contributed by atoms with E-state index >= 15 is 0 Å². The zero-order valence-corrected chi connectivity index (χ0v) is 16.2. The molecule has 1 aromatic heterocycles. The van der Waals surface area contributed by atoms with Gasteiger partial charge in [-0.15, -0.1) is 0 Å². The SMILES string of the molecule is CC(C)c1[nH]nc(C(=O)N2CCN(c3cccc([N+](=O)[O-])c3)CC2)c1Br. The van der Waals surface area contributed by atoms with Gasteiger partial charge in [0.15, 0.2) is 5.69 Å². The van der Waals surface area contributed by atoms with Gasteiger partial charge in [-0.3, -0.25) is 20.0 Å². The number of amides is 1. The molecule has 1 aliphatic heterocycles. The maximum absolute atomic E-state index is 12.7. The van der Waals surface area contributed by atoms with Crippen LogP contribution in [-0.2, 0) is 0 Å². The number of nitrogens with zero attached hydrogens (tertiary/aromatic N) is 4. The van der Waals surface area contributed by atoms with Crippen LogP contribution in [-0.4, -0.2) is 52.1 Å². The third-order valence-corrected chi connectivity index (χ3v) is 5.29. The van der Waals surface area contributed by atoms with E-state index in [0.717, 1.165) is 15.9 Å². The standard InChI is InChI=1S/C17H20BrN5O3/c1-11(2)15-14(18)16(20-19-15)17(24)22-8-6-21(7-9-22)12-4-3-5-13(10-12)23(25)26/h3-5,10-11H,6-9H2,1-2H3,(H,19,20). The van der Waals surface area contributed by atoms with Gasteiger partial charge in [0.25, 0.3) is 11.6 Å². The van der Waals surface area contributed by atoms with Crippen molar-refractivity contribution in [2.45, 2.75) is 19.8 Å². The molecule has 0 atom stereocenters. The van der Waals surface area contributed by atoms with Gasteiger partial charge in [-0.05, 0) is 27.9 Å². The van der Waals surface area contributed by atoms with E-state index in [1.54, 1.807) is 17.0 Å². The van der Waals surface area contributed by atoms with Crippen LogP contribution in [0, 0.1) is 10.1 Å². The minimum atomic E-state index is -0.398. The van der Waals surface area contributed by atoms with Gasteiger partial charge >= 0.3 is 0 Å². The van der Waals surface area contributed by atoms with E-state index in [1.165, 1.54) is 6.07 Å². The molecule has 3 rings (SSSR count). The summed E-state index contributed by atoms with van der Waals surface area (Å²) in [6.07, 6.45) is 0. The summed E-state index contributed by atoms with van der Waals surface area (Å²) in [6.45, 7) is 6.38.